The van der Waals surface area contributed by atoms with Crippen molar-refractivity contribution in [2.75, 3.05) is 0 Å². The minimum atomic E-state index is -3.08. The molecule has 1 nitrogen and oxygen atoms in total. The molecule has 0 saturated heterocycles. The molecule has 0 aromatic heterocycles. The molecular formula is C9H6ClF3O. The van der Waals surface area contributed by atoms with Crippen LogP contribution in [0.2, 0.25) is 5.02 Å². The summed E-state index contributed by atoms with van der Waals surface area (Å²) >= 11 is 5.40. The molecule has 0 unspecified atom stereocenters. The topological polar surface area (TPSA) is 17.1 Å². The van der Waals surface area contributed by atoms with Crippen molar-refractivity contribution >= 4 is 17.4 Å². The van der Waals surface area contributed by atoms with Crippen molar-refractivity contribution in [3.63, 3.8) is 0 Å². The van der Waals surface area contributed by atoms with Crippen molar-refractivity contribution in [3.8, 4) is 0 Å². The molecule has 1 rings (SSSR count). The third kappa shape index (κ3) is 2.48. The van der Waals surface area contributed by atoms with Gasteiger partial charge in [0.05, 0.1) is 5.02 Å². The number of alkyl halides is 2. The van der Waals surface area contributed by atoms with E-state index in [1.165, 1.54) is 18.2 Å². The summed E-state index contributed by atoms with van der Waals surface area (Å²) in [7, 11) is 0. The van der Waals surface area contributed by atoms with Crippen LogP contribution in [-0.2, 0) is 11.2 Å². The molecule has 14 heavy (non-hydrogen) atoms. The van der Waals surface area contributed by atoms with Crippen LogP contribution in [0.3, 0.4) is 0 Å². The second-order valence-corrected chi connectivity index (χ2v) is 3.06. The van der Waals surface area contributed by atoms with E-state index in [1.54, 1.807) is 0 Å². The first-order valence-electron chi connectivity index (χ1n) is 3.76. The van der Waals surface area contributed by atoms with Crippen LogP contribution in [0.15, 0.2) is 18.2 Å². The lowest BCUT2D eigenvalue weighted by atomic mass is 10.1. The van der Waals surface area contributed by atoms with Crippen molar-refractivity contribution in [2.24, 2.45) is 0 Å². The third-order valence-corrected chi connectivity index (χ3v) is 1.93. The van der Waals surface area contributed by atoms with E-state index in [0.29, 0.717) is 0 Å². The van der Waals surface area contributed by atoms with Gasteiger partial charge in [-0.05, 0) is 11.6 Å². The van der Waals surface area contributed by atoms with Crippen LogP contribution >= 0.6 is 11.6 Å². The number of rotatable bonds is 3. The van der Waals surface area contributed by atoms with Crippen LogP contribution in [0.5, 0.6) is 0 Å². The van der Waals surface area contributed by atoms with Crippen LogP contribution in [0, 0.1) is 5.82 Å². The largest absolute Gasteiger partial charge is 0.296 e. The Bertz CT molecular complexity index is 352. The van der Waals surface area contributed by atoms with Gasteiger partial charge >= 0.3 is 0 Å². The monoisotopic (exact) mass is 222 g/mol. The lowest BCUT2D eigenvalue weighted by molar-refractivity contribution is -0.128. The Morgan fingerprint density at radius 3 is 2.64 bits per heavy atom. The smallest absolute Gasteiger partial charge is 0.293 e. The Kier molecular flexibility index (Phi) is 3.52. The van der Waals surface area contributed by atoms with E-state index in [-0.39, 0.29) is 10.6 Å². The predicted molar refractivity (Wildman–Crippen MR) is 46.1 cm³/mol. The van der Waals surface area contributed by atoms with Gasteiger partial charge < -0.3 is 0 Å². The summed E-state index contributed by atoms with van der Waals surface area (Å²) in [5, 5.41) is -0.176. The third-order valence-electron chi connectivity index (χ3n) is 1.64. The Morgan fingerprint density at radius 1 is 1.43 bits per heavy atom. The zero-order valence-electron chi connectivity index (χ0n) is 6.94. The van der Waals surface area contributed by atoms with Crippen LogP contribution in [0.1, 0.15) is 5.56 Å². The molecule has 0 saturated carbocycles. The molecular weight excluding hydrogens is 217 g/mol. The van der Waals surface area contributed by atoms with Gasteiger partial charge in [0, 0.05) is 6.42 Å². The van der Waals surface area contributed by atoms with E-state index in [0.717, 1.165) is 0 Å². The number of carbonyl (C=O) groups is 1. The Morgan fingerprint density at radius 2 is 2.07 bits per heavy atom. The van der Waals surface area contributed by atoms with Crippen molar-refractivity contribution in [2.45, 2.75) is 12.8 Å². The number of ketones is 1. The fraction of sp³-hybridized carbons (Fsp3) is 0.222. The Hall–Kier alpha value is -1.03. The second-order valence-electron chi connectivity index (χ2n) is 2.66. The van der Waals surface area contributed by atoms with Crippen LogP contribution in [0.4, 0.5) is 13.2 Å². The Labute approximate surface area is 83.5 Å². The van der Waals surface area contributed by atoms with E-state index in [4.69, 9.17) is 11.6 Å². The molecule has 0 aliphatic carbocycles. The van der Waals surface area contributed by atoms with Gasteiger partial charge in [0.2, 0.25) is 5.78 Å². The van der Waals surface area contributed by atoms with Crippen LogP contribution in [-0.4, -0.2) is 12.2 Å². The number of halogens is 4. The molecule has 0 aliphatic rings. The fourth-order valence-electron chi connectivity index (χ4n) is 0.950. The van der Waals surface area contributed by atoms with Gasteiger partial charge in [0.15, 0.2) is 0 Å². The average Bonchev–Trinajstić information content (AvgIpc) is 2.12. The molecule has 0 radical (unpaired) electrons. The molecule has 0 atom stereocenters. The van der Waals surface area contributed by atoms with E-state index in [9.17, 15) is 18.0 Å². The van der Waals surface area contributed by atoms with Gasteiger partial charge in [0.25, 0.3) is 6.43 Å². The molecule has 0 fully saturated rings. The molecule has 0 aliphatic heterocycles. The van der Waals surface area contributed by atoms with E-state index < -0.39 is 24.4 Å². The lowest BCUT2D eigenvalue weighted by Gasteiger charge is -2.02. The molecule has 0 heterocycles. The van der Waals surface area contributed by atoms with E-state index in [2.05, 4.69) is 0 Å². The highest BCUT2D eigenvalue weighted by atomic mass is 35.5. The van der Waals surface area contributed by atoms with E-state index >= 15 is 0 Å². The van der Waals surface area contributed by atoms with Gasteiger partial charge in [0.1, 0.15) is 5.82 Å². The van der Waals surface area contributed by atoms with Gasteiger partial charge in [-0.3, -0.25) is 4.79 Å². The highest BCUT2D eigenvalue weighted by Crippen LogP contribution is 2.18. The second kappa shape index (κ2) is 4.46. The SMILES string of the molecule is O=C(Cc1cccc(Cl)c1F)C(F)F. The summed E-state index contributed by atoms with van der Waals surface area (Å²) in [6, 6.07) is 3.94. The first kappa shape index (κ1) is 11.0. The first-order chi connectivity index (χ1) is 6.52. The van der Waals surface area contributed by atoms with Crippen molar-refractivity contribution in [1.82, 2.24) is 0 Å². The number of carbonyl (C=O) groups excluding carboxylic acids is 1. The Balaban J connectivity index is 2.87. The van der Waals surface area contributed by atoms with Gasteiger partial charge in [-0.2, -0.15) is 0 Å². The summed E-state index contributed by atoms with van der Waals surface area (Å²) in [6.45, 7) is 0. The van der Waals surface area contributed by atoms with Gasteiger partial charge in [-0.15, -0.1) is 0 Å². The molecule has 0 spiro atoms. The van der Waals surface area contributed by atoms with Crippen LogP contribution < -0.4 is 0 Å². The summed E-state index contributed by atoms with van der Waals surface area (Å²) < 4.78 is 36.8. The van der Waals surface area contributed by atoms with Crippen molar-refractivity contribution < 1.29 is 18.0 Å². The maximum atomic E-state index is 13.1. The zero-order valence-corrected chi connectivity index (χ0v) is 7.69. The molecule has 0 bridgehead atoms. The maximum absolute atomic E-state index is 13.1. The molecule has 1 aromatic rings. The minimum Gasteiger partial charge on any atom is -0.293 e. The average molecular weight is 223 g/mol. The molecule has 0 N–H and O–H groups in total. The summed E-state index contributed by atoms with van der Waals surface area (Å²) in [4.78, 5) is 10.6. The number of benzene rings is 1. The number of hydrogen-bond donors (Lipinski definition) is 0. The summed E-state index contributed by atoms with van der Waals surface area (Å²) in [6.07, 6.45) is -3.71. The number of Topliss-reactive ketones (excluding diaryl/α,β-unsaturated/α-hetero) is 1. The molecule has 0 amide bonds. The lowest BCUT2D eigenvalue weighted by Crippen LogP contribution is -2.13. The highest BCUT2D eigenvalue weighted by Gasteiger charge is 2.18. The van der Waals surface area contributed by atoms with Gasteiger partial charge in [-0.25, -0.2) is 13.2 Å². The minimum absolute atomic E-state index is 0.109. The summed E-state index contributed by atoms with van der Waals surface area (Å²) in [5.74, 6) is -2.13. The first-order valence-corrected chi connectivity index (χ1v) is 4.14. The normalized spacial score (nSPS) is 10.6. The highest BCUT2D eigenvalue weighted by molar-refractivity contribution is 6.30. The molecule has 5 heteroatoms. The fourth-order valence-corrected chi connectivity index (χ4v) is 1.14. The maximum Gasteiger partial charge on any atom is 0.296 e. The standard InChI is InChI=1S/C9H6ClF3O/c10-6-3-1-2-5(8(6)11)4-7(14)9(12)13/h1-3,9H,4H2. The quantitative estimate of drug-likeness (QED) is 0.769. The predicted octanol–water partition coefficient (Wildman–Crippen LogP) is 2.86. The molecule has 1 aromatic carbocycles. The van der Waals surface area contributed by atoms with Crippen molar-refractivity contribution in [3.05, 3.63) is 34.6 Å². The van der Waals surface area contributed by atoms with E-state index in [1.807, 2.05) is 0 Å². The van der Waals surface area contributed by atoms with Crippen LogP contribution in [0.25, 0.3) is 0 Å². The summed E-state index contributed by atoms with van der Waals surface area (Å²) in [5.41, 5.74) is -0.109. The zero-order chi connectivity index (χ0) is 10.7. The number of hydrogen-bond acceptors (Lipinski definition) is 1. The van der Waals surface area contributed by atoms with Crippen molar-refractivity contribution in [1.29, 1.82) is 0 Å². The molecule has 76 valence electrons. The van der Waals surface area contributed by atoms with Gasteiger partial charge in [-0.1, -0.05) is 23.7 Å².